The lowest BCUT2D eigenvalue weighted by Crippen LogP contribution is -2.17. The molecular weight excluding hydrogens is 380 g/mol. The molecule has 0 radical (unpaired) electrons. The van der Waals surface area contributed by atoms with Crippen molar-refractivity contribution >= 4 is 23.4 Å². The van der Waals surface area contributed by atoms with Crippen LogP contribution in [0.25, 0.3) is 0 Å². The maximum Gasteiger partial charge on any atom is 0.411 e. The van der Waals surface area contributed by atoms with Crippen LogP contribution in [0.2, 0.25) is 0 Å². The van der Waals surface area contributed by atoms with Gasteiger partial charge in [-0.2, -0.15) is 0 Å². The van der Waals surface area contributed by atoms with E-state index in [9.17, 15) is 9.59 Å². The van der Waals surface area contributed by atoms with E-state index in [1.54, 1.807) is 36.4 Å². The van der Waals surface area contributed by atoms with Crippen molar-refractivity contribution in [3.63, 3.8) is 0 Å². The Kier molecular flexibility index (Phi) is 8.11. The molecule has 9 heteroatoms. The highest BCUT2D eigenvalue weighted by Gasteiger charge is 2.20. The lowest BCUT2D eigenvalue weighted by atomic mass is 10.1. The van der Waals surface area contributed by atoms with Crippen LogP contribution in [0.3, 0.4) is 0 Å². The number of ether oxygens (including phenoxy) is 5. The van der Waals surface area contributed by atoms with Crippen molar-refractivity contribution in [3.8, 4) is 17.2 Å². The summed E-state index contributed by atoms with van der Waals surface area (Å²) < 4.78 is 25.6. The summed E-state index contributed by atoms with van der Waals surface area (Å²) in [6, 6.07) is 9.83. The molecular formula is C20H24N2O7. The van der Waals surface area contributed by atoms with Crippen LogP contribution >= 0.6 is 0 Å². The first-order valence-electron chi connectivity index (χ1n) is 8.67. The number of anilines is 2. The minimum atomic E-state index is -0.618. The predicted molar refractivity (Wildman–Crippen MR) is 107 cm³/mol. The topological polar surface area (TPSA) is 104 Å². The van der Waals surface area contributed by atoms with Gasteiger partial charge in [-0.1, -0.05) is 6.07 Å². The summed E-state index contributed by atoms with van der Waals surface area (Å²) >= 11 is 0. The smallest absolute Gasteiger partial charge is 0.411 e. The number of hydrogen-bond acceptors (Lipinski definition) is 7. The molecule has 0 aromatic heterocycles. The highest BCUT2D eigenvalue weighted by Crippen LogP contribution is 2.39. The first kappa shape index (κ1) is 21.8. The van der Waals surface area contributed by atoms with Crippen LogP contribution in [0.5, 0.6) is 17.2 Å². The normalized spacial score (nSPS) is 10.1. The Hall–Kier alpha value is -3.46. The SMILES string of the molecule is COCCOC(=O)Nc1cccc(NC(=O)c2ccc(OC)c(OC)c2OC)c1. The highest BCUT2D eigenvalue weighted by atomic mass is 16.6. The lowest BCUT2D eigenvalue weighted by molar-refractivity contribution is 0.102. The van der Waals surface area contributed by atoms with Gasteiger partial charge in [0.05, 0.1) is 33.5 Å². The summed E-state index contributed by atoms with van der Waals surface area (Å²) in [5, 5.41) is 5.34. The van der Waals surface area contributed by atoms with Crippen LogP contribution < -0.4 is 24.8 Å². The van der Waals surface area contributed by atoms with Gasteiger partial charge in [-0.15, -0.1) is 0 Å². The monoisotopic (exact) mass is 404 g/mol. The fraction of sp³-hybridized carbons (Fsp3) is 0.300. The van der Waals surface area contributed by atoms with E-state index in [0.717, 1.165) is 0 Å². The molecule has 0 bridgehead atoms. The molecule has 2 amide bonds. The van der Waals surface area contributed by atoms with Crippen molar-refractivity contribution in [2.45, 2.75) is 0 Å². The summed E-state index contributed by atoms with van der Waals surface area (Å²) in [5.74, 6) is 0.596. The summed E-state index contributed by atoms with van der Waals surface area (Å²) in [6.45, 7) is 0.439. The van der Waals surface area contributed by atoms with E-state index >= 15 is 0 Å². The Morgan fingerprint density at radius 3 is 2.14 bits per heavy atom. The Morgan fingerprint density at radius 1 is 0.828 bits per heavy atom. The minimum absolute atomic E-state index is 0.137. The number of amides is 2. The molecule has 2 rings (SSSR count). The average Bonchev–Trinajstić information content (AvgIpc) is 2.72. The molecule has 0 fully saturated rings. The standard InChI is InChI=1S/C20H24N2O7/c1-25-10-11-29-20(24)22-14-7-5-6-13(12-14)21-19(23)15-8-9-16(26-2)18(28-4)17(15)27-3/h5-9,12H,10-11H2,1-4H3,(H,21,23)(H,22,24). The van der Waals surface area contributed by atoms with Crippen LogP contribution in [0.1, 0.15) is 10.4 Å². The van der Waals surface area contributed by atoms with Gasteiger partial charge in [0, 0.05) is 18.5 Å². The van der Waals surface area contributed by atoms with E-state index in [1.165, 1.54) is 28.4 Å². The van der Waals surface area contributed by atoms with Gasteiger partial charge in [0.25, 0.3) is 5.91 Å². The fourth-order valence-electron chi connectivity index (χ4n) is 2.52. The van der Waals surface area contributed by atoms with Crippen LogP contribution in [0.4, 0.5) is 16.2 Å². The molecule has 0 aliphatic heterocycles. The average molecular weight is 404 g/mol. The van der Waals surface area contributed by atoms with Gasteiger partial charge in [0.15, 0.2) is 11.5 Å². The Balaban J connectivity index is 2.14. The predicted octanol–water partition coefficient (Wildman–Crippen LogP) is 3.16. The van der Waals surface area contributed by atoms with Gasteiger partial charge < -0.3 is 29.0 Å². The molecule has 2 N–H and O–H groups in total. The zero-order valence-corrected chi connectivity index (χ0v) is 16.7. The third kappa shape index (κ3) is 5.76. The second kappa shape index (κ2) is 10.8. The largest absolute Gasteiger partial charge is 0.493 e. The minimum Gasteiger partial charge on any atom is -0.493 e. The maximum absolute atomic E-state index is 12.8. The molecule has 9 nitrogen and oxygen atoms in total. The first-order valence-corrected chi connectivity index (χ1v) is 8.67. The second-order valence-corrected chi connectivity index (χ2v) is 5.67. The third-order valence-corrected chi connectivity index (χ3v) is 3.84. The molecule has 0 atom stereocenters. The van der Waals surface area contributed by atoms with Crippen LogP contribution in [-0.4, -0.2) is 53.7 Å². The molecule has 0 saturated heterocycles. The lowest BCUT2D eigenvalue weighted by Gasteiger charge is -2.15. The quantitative estimate of drug-likeness (QED) is 0.619. The van der Waals surface area contributed by atoms with E-state index in [1.807, 2.05) is 0 Å². The van der Waals surface area contributed by atoms with Gasteiger partial charge in [-0.05, 0) is 30.3 Å². The molecule has 0 unspecified atom stereocenters. The number of hydrogen-bond donors (Lipinski definition) is 2. The van der Waals surface area contributed by atoms with Gasteiger partial charge >= 0.3 is 6.09 Å². The number of methoxy groups -OCH3 is 4. The molecule has 0 saturated carbocycles. The molecule has 2 aromatic rings. The van der Waals surface area contributed by atoms with Gasteiger partial charge in [0.1, 0.15) is 6.61 Å². The van der Waals surface area contributed by atoms with Crippen molar-refractivity contribution in [1.29, 1.82) is 0 Å². The molecule has 2 aromatic carbocycles. The van der Waals surface area contributed by atoms with E-state index < -0.39 is 12.0 Å². The zero-order chi connectivity index (χ0) is 21.2. The zero-order valence-electron chi connectivity index (χ0n) is 16.7. The van der Waals surface area contributed by atoms with E-state index in [4.69, 9.17) is 23.7 Å². The summed E-state index contributed by atoms with van der Waals surface area (Å²) in [5.41, 5.74) is 1.20. The number of benzene rings is 2. The van der Waals surface area contributed by atoms with Crippen LogP contribution in [-0.2, 0) is 9.47 Å². The number of carbonyl (C=O) groups excluding carboxylic acids is 2. The second-order valence-electron chi connectivity index (χ2n) is 5.67. The summed E-state index contributed by atoms with van der Waals surface area (Å²) in [7, 11) is 5.91. The molecule has 156 valence electrons. The Morgan fingerprint density at radius 2 is 1.52 bits per heavy atom. The molecule has 0 spiro atoms. The number of rotatable bonds is 9. The summed E-state index contributed by atoms with van der Waals surface area (Å²) in [4.78, 5) is 24.5. The van der Waals surface area contributed by atoms with E-state index in [2.05, 4.69) is 10.6 Å². The van der Waals surface area contributed by atoms with Gasteiger partial charge in [-0.3, -0.25) is 10.1 Å². The Labute approximate surface area is 168 Å². The molecule has 0 aliphatic rings. The van der Waals surface area contributed by atoms with E-state index in [-0.39, 0.29) is 17.9 Å². The molecule has 0 aliphatic carbocycles. The van der Waals surface area contributed by atoms with Crippen molar-refractivity contribution in [3.05, 3.63) is 42.0 Å². The van der Waals surface area contributed by atoms with Crippen molar-refractivity contribution in [2.24, 2.45) is 0 Å². The summed E-state index contributed by atoms with van der Waals surface area (Å²) in [6.07, 6.45) is -0.618. The Bertz CT molecular complexity index is 855. The van der Waals surface area contributed by atoms with E-state index in [0.29, 0.717) is 29.5 Å². The van der Waals surface area contributed by atoms with Gasteiger partial charge in [0.2, 0.25) is 5.75 Å². The number of nitrogens with one attached hydrogen (secondary N) is 2. The van der Waals surface area contributed by atoms with Crippen LogP contribution in [0, 0.1) is 0 Å². The van der Waals surface area contributed by atoms with Gasteiger partial charge in [-0.25, -0.2) is 4.79 Å². The maximum atomic E-state index is 12.8. The van der Waals surface area contributed by atoms with Crippen molar-refractivity contribution < 1.29 is 33.3 Å². The third-order valence-electron chi connectivity index (χ3n) is 3.84. The molecule has 29 heavy (non-hydrogen) atoms. The van der Waals surface area contributed by atoms with Crippen molar-refractivity contribution in [2.75, 3.05) is 52.3 Å². The highest BCUT2D eigenvalue weighted by molar-refractivity contribution is 6.07. The number of carbonyl (C=O) groups is 2. The fourth-order valence-corrected chi connectivity index (χ4v) is 2.52. The van der Waals surface area contributed by atoms with Crippen LogP contribution in [0.15, 0.2) is 36.4 Å². The first-order chi connectivity index (χ1) is 14.0. The molecule has 0 heterocycles. The van der Waals surface area contributed by atoms with Crippen molar-refractivity contribution in [1.82, 2.24) is 0 Å².